The highest BCUT2D eigenvalue weighted by Gasteiger charge is 2.32. The number of carboxylic acid groups (broad SMARTS) is 1. The second-order valence-corrected chi connectivity index (χ2v) is 6.12. The smallest absolute Gasteiger partial charge is 0.305 e. The maximum atomic E-state index is 11.6. The molecule has 1 saturated heterocycles. The molecule has 0 aliphatic carbocycles. The van der Waals surface area contributed by atoms with Crippen LogP contribution in [0.3, 0.4) is 0 Å². The molecule has 0 spiro atoms. The SMILES string of the molecule is CCc1cc(C=NN=C2NC(=O)C(CC(=O)O)S2)c(O)c(OC)c1. The van der Waals surface area contributed by atoms with Crippen LogP contribution in [-0.4, -0.2) is 45.8 Å². The predicted molar refractivity (Wildman–Crippen MR) is 90.8 cm³/mol. The molecule has 1 amide bonds. The summed E-state index contributed by atoms with van der Waals surface area (Å²) < 4.78 is 5.11. The van der Waals surface area contributed by atoms with Crippen LogP contribution in [0.15, 0.2) is 22.3 Å². The van der Waals surface area contributed by atoms with Crippen molar-refractivity contribution in [3.05, 3.63) is 23.3 Å². The molecule has 1 aromatic carbocycles. The van der Waals surface area contributed by atoms with Gasteiger partial charge in [0, 0.05) is 5.56 Å². The number of phenolic OH excluding ortho intramolecular Hbond substituents is 1. The van der Waals surface area contributed by atoms with Gasteiger partial charge < -0.3 is 20.3 Å². The lowest BCUT2D eigenvalue weighted by Gasteiger charge is -2.08. The topological polar surface area (TPSA) is 121 Å². The Morgan fingerprint density at radius 3 is 2.88 bits per heavy atom. The Hall–Kier alpha value is -2.55. The standard InChI is InChI=1S/C15H17N3O5S/c1-3-8-4-9(13(21)10(5-8)23-2)7-16-18-15-17-14(22)11(24-15)6-12(19)20/h4-5,7,11,21H,3,6H2,1-2H3,(H,19,20)(H,17,18,22). The molecule has 1 unspecified atom stereocenters. The van der Waals surface area contributed by atoms with Crippen LogP contribution in [0.4, 0.5) is 0 Å². The molecule has 0 aromatic heterocycles. The predicted octanol–water partition coefficient (Wildman–Crippen LogP) is 1.36. The molecule has 9 heteroatoms. The van der Waals surface area contributed by atoms with Crippen molar-refractivity contribution in [2.45, 2.75) is 25.0 Å². The largest absolute Gasteiger partial charge is 0.504 e. The Labute approximate surface area is 142 Å². The first-order chi connectivity index (χ1) is 11.4. The van der Waals surface area contributed by atoms with Crippen molar-refractivity contribution in [1.82, 2.24) is 5.32 Å². The number of carboxylic acids is 1. The minimum Gasteiger partial charge on any atom is -0.504 e. The van der Waals surface area contributed by atoms with Gasteiger partial charge in [-0.15, -0.1) is 5.10 Å². The number of methoxy groups -OCH3 is 1. The van der Waals surface area contributed by atoms with Crippen LogP contribution in [0.25, 0.3) is 0 Å². The highest BCUT2D eigenvalue weighted by Crippen LogP contribution is 2.30. The molecule has 128 valence electrons. The highest BCUT2D eigenvalue weighted by atomic mass is 32.2. The van der Waals surface area contributed by atoms with Crippen molar-refractivity contribution in [3.8, 4) is 11.5 Å². The van der Waals surface area contributed by atoms with Crippen LogP contribution in [0, 0.1) is 0 Å². The Morgan fingerprint density at radius 2 is 2.25 bits per heavy atom. The number of hydrogen-bond donors (Lipinski definition) is 3. The summed E-state index contributed by atoms with van der Waals surface area (Å²) in [6, 6.07) is 3.50. The van der Waals surface area contributed by atoms with Crippen LogP contribution in [-0.2, 0) is 16.0 Å². The van der Waals surface area contributed by atoms with Gasteiger partial charge in [0.1, 0.15) is 5.25 Å². The fourth-order valence-electron chi connectivity index (χ4n) is 2.04. The second-order valence-electron chi connectivity index (χ2n) is 4.93. The highest BCUT2D eigenvalue weighted by molar-refractivity contribution is 8.15. The van der Waals surface area contributed by atoms with Gasteiger partial charge in [-0.2, -0.15) is 5.10 Å². The van der Waals surface area contributed by atoms with Gasteiger partial charge in [0.15, 0.2) is 16.7 Å². The van der Waals surface area contributed by atoms with Gasteiger partial charge in [0.25, 0.3) is 0 Å². The van der Waals surface area contributed by atoms with Crippen LogP contribution < -0.4 is 10.1 Å². The molecule has 1 aromatic rings. The van der Waals surface area contributed by atoms with Gasteiger partial charge in [-0.05, 0) is 24.1 Å². The van der Waals surface area contributed by atoms with Crippen LogP contribution in [0.5, 0.6) is 11.5 Å². The number of nitrogens with zero attached hydrogens (tertiary/aromatic N) is 2. The van der Waals surface area contributed by atoms with Crippen molar-refractivity contribution in [2.75, 3.05) is 7.11 Å². The maximum Gasteiger partial charge on any atom is 0.305 e. The van der Waals surface area contributed by atoms with E-state index in [2.05, 4.69) is 15.5 Å². The lowest BCUT2D eigenvalue weighted by atomic mass is 10.1. The van der Waals surface area contributed by atoms with Crippen LogP contribution >= 0.6 is 11.8 Å². The summed E-state index contributed by atoms with van der Waals surface area (Å²) in [4.78, 5) is 22.3. The van der Waals surface area contributed by atoms with E-state index < -0.39 is 17.1 Å². The van der Waals surface area contributed by atoms with E-state index in [0.29, 0.717) is 11.3 Å². The number of carbonyl (C=O) groups excluding carboxylic acids is 1. The number of nitrogens with one attached hydrogen (secondary N) is 1. The van der Waals surface area contributed by atoms with Crippen molar-refractivity contribution < 1.29 is 24.5 Å². The average Bonchev–Trinajstić information content (AvgIpc) is 2.88. The molecule has 24 heavy (non-hydrogen) atoms. The number of hydrogen-bond acceptors (Lipinski definition) is 7. The molecule has 2 rings (SSSR count). The summed E-state index contributed by atoms with van der Waals surface area (Å²) >= 11 is 1.01. The van der Waals surface area contributed by atoms with Crippen molar-refractivity contribution in [1.29, 1.82) is 0 Å². The second kappa shape index (κ2) is 7.82. The first kappa shape index (κ1) is 17.8. The molecule has 1 heterocycles. The third-order valence-electron chi connectivity index (χ3n) is 3.27. The molecule has 0 radical (unpaired) electrons. The van der Waals surface area contributed by atoms with Gasteiger partial charge in [-0.25, -0.2) is 0 Å². The molecule has 8 nitrogen and oxygen atoms in total. The van der Waals surface area contributed by atoms with Crippen molar-refractivity contribution in [3.63, 3.8) is 0 Å². The average molecular weight is 351 g/mol. The van der Waals surface area contributed by atoms with Crippen molar-refractivity contribution >= 4 is 35.0 Å². The number of carbonyl (C=O) groups is 2. The molecular formula is C15H17N3O5S. The first-order valence-electron chi connectivity index (χ1n) is 7.14. The summed E-state index contributed by atoms with van der Waals surface area (Å²) in [5.41, 5.74) is 1.40. The molecule has 1 fully saturated rings. The first-order valence-corrected chi connectivity index (χ1v) is 8.02. The number of amidine groups is 1. The molecule has 1 aliphatic rings. The van der Waals surface area contributed by atoms with E-state index in [0.717, 1.165) is 23.7 Å². The Morgan fingerprint density at radius 1 is 1.50 bits per heavy atom. The van der Waals surface area contributed by atoms with E-state index in [1.165, 1.54) is 13.3 Å². The summed E-state index contributed by atoms with van der Waals surface area (Å²) in [5, 5.41) is 28.5. The molecule has 1 atom stereocenters. The number of aryl methyl sites for hydroxylation is 1. The number of benzene rings is 1. The lowest BCUT2D eigenvalue weighted by Crippen LogP contribution is -2.26. The summed E-state index contributed by atoms with van der Waals surface area (Å²) in [5.74, 6) is -1.17. The van der Waals surface area contributed by atoms with E-state index >= 15 is 0 Å². The third-order valence-corrected chi connectivity index (χ3v) is 4.35. The zero-order valence-electron chi connectivity index (χ0n) is 13.1. The van der Waals surface area contributed by atoms with Crippen LogP contribution in [0.2, 0.25) is 0 Å². The van der Waals surface area contributed by atoms with E-state index in [9.17, 15) is 14.7 Å². The number of thioether (sulfide) groups is 1. The van der Waals surface area contributed by atoms with E-state index in [1.54, 1.807) is 12.1 Å². The number of aliphatic carboxylic acids is 1. The number of phenols is 1. The zero-order chi connectivity index (χ0) is 17.7. The van der Waals surface area contributed by atoms with Gasteiger partial charge in [-0.1, -0.05) is 18.7 Å². The maximum absolute atomic E-state index is 11.6. The fraction of sp³-hybridized carbons (Fsp3) is 0.333. The quantitative estimate of drug-likeness (QED) is 0.526. The third kappa shape index (κ3) is 4.25. The number of amides is 1. The molecule has 3 N–H and O–H groups in total. The monoisotopic (exact) mass is 351 g/mol. The molecule has 0 bridgehead atoms. The summed E-state index contributed by atoms with van der Waals surface area (Å²) in [7, 11) is 1.46. The molecule has 1 aliphatic heterocycles. The Balaban J connectivity index is 2.14. The number of rotatable bonds is 6. The zero-order valence-corrected chi connectivity index (χ0v) is 14.0. The van der Waals surface area contributed by atoms with Crippen LogP contribution in [0.1, 0.15) is 24.5 Å². The van der Waals surface area contributed by atoms with E-state index in [4.69, 9.17) is 9.84 Å². The minimum absolute atomic E-state index is 0.0504. The molecule has 0 saturated carbocycles. The Bertz CT molecular complexity index is 717. The van der Waals surface area contributed by atoms with Crippen molar-refractivity contribution in [2.24, 2.45) is 10.2 Å². The summed E-state index contributed by atoms with van der Waals surface area (Å²) in [6.45, 7) is 1.97. The number of ether oxygens (including phenoxy) is 1. The fourth-order valence-corrected chi connectivity index (χ4v) is 2.95. The Kier molecular flexibility index (Phi) is 5.80. The molecular weight excluding hydrogens is 334 g/mol. The van der Waals surface area contributed by atoms with E-state index in [-0.39, 0.29) is 17.3 Å². The van der Waals surface area contributed by atoms with Gasteiger partial charge in [-0.3, -0.25) is 9.59 Å². The lowest BCUT2D eigenvalue weighted by molar-refractivity contribution is -0.138. The summed E-state index contributed by atoms with van der Waals surface area (Å²) in [6.07, 6.45) is 1.83. The normalized spacial score (nSPS) is 19.0. The minimum atomic E-state index is -1.05. The van der Waals surface area contributed by atoms with Gasteiger partial charge >= 0.3 is 5.97 Å². The van der Waals surface area contributed by atoms with Gasteiger partial charge in [0.05, 0.1) is 19.7 Å². The number of aromatic hydroxyl groups is 1. The van der Waals surface area contributed by atoms with E-state index in [1.807, 2.05) is 6.92 Å². The van der Waals surface area contributed by atoms with Gasteiger partial charge in [0.2, 0.25) is 5.91 Å².